The second-order valence-electron chi connectivity index (χ2n) is 6.17. The molecule has 1 fully saturated rings. The molecule has 1 aromatic carbocycles. The zero-order chi connectivity index (χ0) is 18.5. The molecule has 0 aliphatic carbocycles. The summed E-state index contributed by atoms with van der Waals surface area (Å²) in [6.07, 6.45) is 4.62. The number of likely N-dealkylation sites (tertiary alicyclic amines) is 1. The molecule has 138 valence electrons. The van der Waals surface area contributed by atoms with Crippen LogP contribution in [0.25, 0.3) is 0 Å². The van der Waals surface area contributed by atoms with Crippen LogP contribution in [0.5, 0.6) is 5.75 Å². The van der Waals surface area contributed by atoms with Crippen LogP contribution < -0.4 is 10.1 Å². The Labute approximate surface area is 156 Å². The summed E-state index contributed by atoms with van der Waals surface area (Å²) in [6.45, 7) is 1.29. The molecule has 0 unspecified atom stereocenters. The summed E-state index contributed by atoms with van der Waals surface area (Å²) in [5, 5.41) is 7.42. The summed E-state index contributed by atoms with van der Waals surface area (Å²) in [4.78, 5) is 26.8. The summed E-state index contributed by atoms with van der Waals surface area (Å²) >= 11 is 5.82. The minimum Gasteiger partial charge on any atom is -0.484 e. The Morgan fingerprint density at radius 2 is 1.88 bits per heavy atom. The second-order valence-corrected chi connectivity index (χ2v) is 6.61. The van der Waals surface area contributed by atoms with Gasteiger partial charge in [-0.2, -0.15) is 5.10 Å². The van der Waals surface area contributed by atoms with Crippen molar-refractivity contribution in [2.24, 2.45) is 7.05 Å². The molecule has 1 aliphatic heterocycles. The lowest BCUT2D eigenvalue weighted by molar-refractivity contribution is -0.118. The molecule has 26 heavy (non-hydrogen) atoms. The Kier molecular flexibility index (Phi) is 5.78. The fourth-order valence-corrected chi connectivity index (χ4v) is 3.02. The molecule has 1 saturated heterocycles. The van der Waals surface area contributed by atoms with Gasteiger partial charge in [-0.3, -0.25) is 14.3 Å². The Morgan fingerprint density at radius 3 is 2.58 bits per heavy atom. The Balaban J connectivity index is 1.63. The van der Waals surface area contributed by atoms with E-state index in [2.05, 4.69) is 10.4 Å². The molecule has 8 heteroatoms. The molecular formula is C18H21ClN4O3. The molecule has 1 aromatic heterocycles. The van der Waals surface area contributed by atoms with Crippen molar-refractivity contribution in [3.8, 4) is 5.75 Å². The van der Waals surface area contributed by atoms with Crippen LogP contribution in [0.3, 0.4) is 0 Å². The molecule has 0 radical (unpaired) electrons. The number of piperidine rings is 1. The van der Waals surface area contributed by atoms with E-state index in [0.717, 1.165) is 32.4 Å². The molecule has 2 heterocycles. The highest BCUT2D eigenvalue weighted by molar-refractivity contribution is 6.30. The maximum absolute atomic E-state index is 12.8. The molecule has 0 saturated carbocycles. The molecular weight excluding hydrogens is 356 g/mol. The summed E-state index contributed by atoms with van der Waals surface area (Å²) in [5.74, 6) is 0.0691. The van der Waals surface area contributed by atoms with Crippen LogP contribution in [0.1, 0.15) is 29.8 Å². The van der Waals surface area contributed by atoms with E-state index in [-0.39, 0.29) is 18.4 Å². The molecule has 2 aromatic rings. The van der Waals surface area contributed by atoms with Gasteiger partial charge in [-0.1, -0.05) is 11.6 Å². The normalized spacial score (nSPS) is 14.2. The average molecular weight is 377 g/mol. The summed E-state index contributed by atoms with van der Waals surface area (Å²) in [7, 11) is 1.69. The standard InChI is InChI=1S/C18H21ClN4O3/c1-22-17(18(25)23-9-3-2-4-10-23)15(11-20-22)21-16(24)12-26-14-7-5-13(19)6-8-14/h5-8,11H,2-4,9-10,12H2,1H3,(H,21,24). The minimum absolute atomic E-state index is 0.112. The molecule has 7 nitrogen and oxygen atoms in total. The number of nitrogens with zero attached hydrogens (tertiary/aromatic N) is 3. The molecule has 0 bridgehead atoms. The van der Waals surface area contributed by atoms with E-state index in [1.165, 1.54) is 10.9 Å². The van der Waals surface area contributed by atoms with Crippen molar-refractivity contribution in [1.82, 2.24) is 14.7 Å². The molecule has 1 aliphatic rings. The fourth-order valence-electron chi connectivity index (χ4n) is 2.90. The van der Waals surface area contributed by atoms with E-state index < -0.39 is 0 Å². The highest BCUT2D eigenvalue weighted by atomic mass is 35.5. The van der Waals surface area contributed by atoms with Gasteiger partial charge in [-0.25, -0.2) is 0 Å². The SMILES string of the molecule is Cn1ncc(NC(=O)COc2ccc(Cl)cc2)c1C(=O)N1CCCCC1. The zero-order valence-corrected chi connectivity index (χ0v) is 15.3. The number of rotatable bonds is 5. The van der Waals surface area contributed by atoms with Crippen LogP contribution in [-0.2, 0) is 11.8 Å². The van der Waals surface area contributed by atoms with Gasteiger partial charge in [0.05, 0.1) is 11.9 Å². The quantitative estimate of drug-likeness (QED) is 0.870. The number of halogens is 1. The first kappa shape index (κ1) is 18.3. The van der Waals surface area contributed by atoms with Crippen LogP contribution in [-0.4, -0.2) is 46.2 Å². The van der Waals surface area contributed by atoms with Crippen LogP contribution in [0.2, 0.25) is 5.02 Å². The van der Waals surface area contributed by atoms with Crippen LogP contribution in [0.4, 0.5) is 5.69 Å². The van der Waals surface area contributed by atoms with Gasteiger partial charge in [0.2, 0.25) is 0 Å². The van der Waals surface area contributed by atoms with E-state index in [1.54, 1.807) is 36.2 Å². The Morgan fingerprint density at radius 1 is 1.19 bits per heavy atom. The predicted octanol–water partition coefficient (Wildman–Crippen LogP) is 2.72. The summed E-state index contributed by atoms with van der Waals surface area (Å²) < 4.78 is 6.92. The Hall–Kier alpha value is -2.54. The van der Waals surface area contributed by atoms with E-state index >= 15 is 0 Å². The van der Waals surface area contributed by atoms with E-state index in [4.69, 9.17) is 16.3 Å². The molecule has 2 amide bonds. The summed E-state index contributed by atoms with van der Waals surface area (Å²) in [6, 6.07) is 6.74. The third-order valence-electron chi connectivity index (χ3n) is 4.24. The van der Waals surface area contributed by atoms with Gasteiger partial charge in [0.15, 0.2) is 6.61 Å². The van der Waals surface area contributed by atoms with E-state index in [1.807, 2.05) is 0 Å². The maximum atomic E-state index is 12.8. The number of carbonyl (C=O) groups is 2. The molecule has 0 atom stereocenters. The van der Waals surface area contributed by atoms with Gasteiger partial charge < -0.3 is 15.0 Å². The number of aromatic nitrogens is 2. The number of carbonyl (C=O) groups excluding carboxylic acids is 2. The number of ether oxygens (including phenoxy) is 1. The molecule has 1 N–H and O–H groups in total. The van der Waals surface area contributed by atoms with Gasteiger partial charge >= 0.3 is 0 Å². The number of hydrogen-bond donors (Lipinski definition) is 1. The number of benzene rings is 1. The predicted molar refractivity (Wildman–Crippen MR) is 98.5 cm³/mol. The van der Waals surface area contributed by atoms with Crippen LogP contribution in [0, 0.1) is 0 Å². The first-order valence-electron chi connectivity index (χ1n) is 8.54. The second kappa shape index (κ2) is 8.23. The Bertz CT molecular complexity index is 782. The highest BCUT2D eigenvalue weighted by Gasteiger charge is 2.25. The number of hydrogen-bond acceptors (Lipinski definition) is 4. The topological polar surface area (TPSA) is 76.5 Å². The molecule has 3 rings (SSSR count). The lowest BCUT2D eigenvalue weighted by Gasteiger charge is -2.27. The van der Waals surface area contributed by atoms with Crippen LogP contribution >= 0.6 is 11.6 Å². The van der Waals surface area contributed by atoms with Gasteiger partial charge in [0.25, 0.3) is 11.8 Å². The van der Waals surface area contributed by atoms with Crippen molar-refractivity contribution >= 4 is 29.1 Å². The number of anilines is 1. The average Bonchev–Trinajstić information content (AvgIpc) is 3.01. The van der Waals surface area contributed by atoms with Crippen molar-refractivity contribution in [1.29, 1.82) is 0 Å². The lowest BCUT2D eigenvalue weighted by atomic mass is 10.1. The largest absolute Gasteiger partial charge is 0.484 e. The number of aryl methyl sites for hydroxylation is 1. The van der Waals surface area contributed by atoms with E-state index in [0.29, 0.717) is 22.2 Å². The van der Waals surface area contributed by atoms with Gasteiger partial charge in [0.1, 0.15) is 11.4 Å². The number of nitrogens with one attached hydrogen (secondary N) is 1. The zero-order valence-electron chi connectivity index (χ0n) is 14.6. The van der Waals surface area contributed by atoms with Crippen molar-refractivity contribution in [2.75, 3.05) is 25.0 Å². The third-order valence-corrected chi connectivity index (χ3v) is 4.49. The van der Waals surface area contributed by atoms with Gasteiger partial charge in [-0.05, 0) is 43.5 Å². The van der Waals surface area contributed by atoms with Crippen molar-refractivity contribution in [3.63, 3.8) is 0 Å². The highest BCUT2D eigenvalue weighted by Crippen LogP contribution is 2.20. The smallest absolute Gasteiger partial charge is 0.274 e. The van der Waals surface area contributed by atoms with Crippen LogP contribution in [0.15, 0.2) is 30.5 Å². The number of amides is 2. The van der Waals surface area contributed by atoms with Crippen molar-refractivity contribution in [2.45, 2.75) is 19.3 Å². The third kappa shape index (κ3) is 4.35. The monoisotopic (exact) mass is 376 g/mol. The van der Waals surface area contributed by atoms with Gasteiger partial charge in [-0.15, -0.1) is 0 Å². The van der Waals surface area contributed by atoms with E-state index in [9.17, 15) is 9.59 Å². The lowest BCUT2D eigenvalue weighted by Crippen LogP contribution is -2.37. The first-order chi connectivity index (χ1) is 12.5. The summed E-state index contributed by atoms with van der Waals surface area (Å²) in [5.41, 5.74) is 0.777. The molecule has 0 spiro atoms. The first-order valence-corrected chi connectivity index (χ1v) is 8.92. The van der Waals surface area contributed by atoms with Gasteiger partial charge in [0, 0.05) is 25.2 Å². The maximum Gasteiger partial charge on any atom is 0.274 e. The van der Waals surface area contributed by atoms with Crippen molar-refractivity contribution in [3.05, 3.63) is 41.2 Å². The fraction of sp³-hybridized carbons (Fsp3) is 0.389. The minimum atomic E-state index is -0.361. The van der Waals surface area contributed by atoms with Crippen molar-refractivity contribution < 1.29 is 14.3 Å².